The van der Waals surface area contributed by atoms with Crippen molar-refractivity contribution >= 4 is 5.78 Å². The van der Waals surface area contributed by atoms with E-state index in [1.54, 1.807) is 0 Å². The maximum absolute atomic E-state index is 12.7. The van der Waals surface area contributed by atoms with Gasteiger partial charge in [0.2, 0.25) is 6.41 Å². The molecule has 0 aromatic carbocycles. The van der Waals surface area contributed by atoms with E-state index in [-0.39, 0.29) is 17.9 Å². The minimum Gasteiger partial charge on any atom is -0.337 e. The number of rotatable bonds is 3. The van der Waals surface area contributed by atoms with Crippen molar-refractivity contribution in [3.63, 3.8) is 0 Å². The van der Waals surface area contributed by atoms with Gasteiger partial charge >= 0.3 is 0 Å². The highest BCUT2D eigenvalue weighted by Gasteiger charge is 2.43. The number of carbonyl (C=O) groups excluding carboxylic acids is 1. The van der Waals surface area contributed by atoms with Crippen LogP contribution in [0, 0.1) is 5.41 Å². The molecule has 2 saturated carbocycles. The third-order valence-electron chi connectivity index (χ3n) is 5.32. The normalized spacial score (nSPS) is 32.0. The van der Waals surface area contributed by atoms with Crippen molar-refractivity contribution < 1.29 is 14.3 Å². The van der Waals surface area contributed by atoms with Crippen molar-refractivity contribution in [2.24, 2.45) is 5.41 Å². The van der Waals surface area contributed by atoms with Crippen LogP contribution < -0.4 is 0 Å². The Morgan fingerprint density at radius 3 is 2.33 bits per heavy atom. The van der Waals surface area contributed by atoms with E-state index in [0.29, 0.717) is 31.5 Å². The first-order valence-corrected chi connectivity index (χ1v) is 8.60. The number of Topliss-reactive ketones (excluding diaryl/α,β-unsaturated/α-hetero) is 1. The summed E-state index contributed by atoms with van der Waals surface area (Å²) in [6.07, 6.45) is 8.66. The Bertz CT molecular complexity index is 370. The molecule has 4 nitrogen and oxygen atoms in total. The molecule has 1 atom stereocenters. The lowest BCUT2D eigenvalue weighted by Gasteiger charge is -2.45. The second kappa shape index (κ2) is 6.35. The highest BCUT2D eigenvalue weighted by molar-refractivity contribution is 5.85. The van der Waals surface area contributed by atoms with Crippen LogP contribution in [0.2, 0.25) is 0 Å². The summed E-state index contributed by atoms with van der Waals surface area (Å²) in [6.45, 7) is 5.71. The van der Waals surface area contributed by atoms with Gasteiger partial charge in [0.15, 0.2) is 5.78 Å². The lowest BCUT2D eigenvalue weighted by Crippen LogP contribution is -2.55. The van der Waals surface area contributed by atoms with Crippen LogP contribution in [0.5, 0.6) is 0 Å². The molecule has 0 N–H and O–H groups in total. The van der Waals surface area contributed by atoms with Gasteiger partial charge in [-0.15, -0.1) is 0 Å². The lowest BCUT2D eigenvalue weighted by atomic mass is 9.74. The van der Waals surface area contributed by atoms with Crippen molar-refractivity contribution in [3.05, 3.63) is 0 Å². The van der Waals surface area contributed by atoms with Crippen LogP contribution in [0.1, 0.15) is 65.2 Å². The summed E-state index contributed by atoms with van der Waals surface area (Å²) < 4.78 is 11.5. The third kappa shape index (κ3) is 3.49. The predicted molar refractivity (Wildman–Crippen MR) is 80.8 cm³/mol. The zero-order valence-electron chi connectivity index (χ0n) is 13.5. The molecule has 0 aromatic heterocycles. The zero-order valence-corrected chi connectivity index (χ0v) is 13.5. The molecule has 0 bridgehead atoms. The number of ketones is 1. The fraction of sp³-hybridized carbons (Fsp3) is 0.941. The molecule has 3 rings (SSSR count). The summed E-state index contributed by atoms with van der Waals surface area (Å²) in [5, 5.41) is 0. The Morgan fingerprint density at radius 2 is 1.71 bits per heavy atom. The summed E-state index contributed by atoms with van der Waals surface area (Å²) in [7, 11) is 0. The standard InChI is InChI=1S/C17H29NO3/c1-17(2)9-8-14(15(19)12-17)18(16-20-10-11-21-16)13-6-4-3-5-7-13/h13-14,16H,3-12H2,1-2H3. The van der Waals surface area contributed by atoms with Crippen LogP contribution in [0.25, 0.3) is 0 Å². The van der Waals surface area contributed by atoms with E-state index in [1.807, 2.05) is 0 Å². The molecular formula is C17H29NO3. The molecule has 3 fully saturated rings. The van der Waals surface area contributed by atoms with Gasteiger partial charge < -0.3 is 9.47 Å². The number of ether oxygens (including phenoxy) is 2. The minimum absolute atomic E-state index is 0.00391. The summed E-state index contributed by atoms with van der Waals surface area (Å²) in [4.78, 5) is 15.0. The highest BCUT2D eigenvalue weighted by Crippen LogP contribution is 2.38. The topological polar surface area (TPSA) is 38.8 Å². The molecular weight excluding hydrogens is 266 g/mol. The Morgan fingerprint density at radius 1 is 1.05 bits per heavy atom. The minimum atomic E-state index is -0.289. The second-order valence-corrected chi connectivity index (χ2v) is 7.65. The van der Waals surface area contributed by atoms with E-state index in [2.05, 4.69) is 18.7 Å². The SMILES string of the molecule is CC1(C)CCC(N(C2CCCCC2)C2OCCO2)C(=O)C1. The van der Waals surface area contributed by atoms with E-state index in [0.717, 1.165) is 12.8 Å². The molecule has 0 radical (unpaired) electrons. The summed E-state index contributed by atoms with van der Waals surface area (Å²) in [6, 6.07) is 0.459. The first kappa shape index (κ1) is 15.4. The van der Waals surface area contributed by atoms with E-state index >= 15 is 0 Å². The van der Waals surface area contributed by atoms with Gasteiger partial charge in [-0.1, -0.05) is 33.1 Å². The van der Waals surface area contributed by atoms with E-state index < -0.39 is 0 Å². The maximum Gasteiger partial charge on any atom is 0.219 e. The molecule has 2 aliphatic carbocycles. The van der Waals surface area contributed by atoms with E-state index in [4.69, 9.17) is 9.47 Å². The average molecular weight is 295 g/mol. The first-order chi connectivity index (χ1) is 10.1. The fourth-order valence-electron chi connectivity index (χ4n) is 4.15. The smallest absolute Gasteiger partial charge is 0.219 e. The predicted octanol–water partition coefficient (Wildman–Crippen LogP) is 3.10. The molecule has 21 heavy (non-hydrogen) atoms. The first-order valence-electron chi connectivity index (χ1n) is 8.60. The average Bonchev–Trinajstić information content (AvgIpc) is 2.96. The van der Waals surface area contributed by atoms with Gasteiger partial charge in [-0.25, -0.2) is 4.90 Å². The van der Waals surface area contributed by atoms with Crippen molar-refractivity contribution in [2.45, 2.75) is 83.7 Å². The van der Waals surface area contributed by atoms with E-state index in [1.165, 1.54) is 32.1 Å². The molecule has 0 amide bonds. The molecule has 0 aromatic rings. The Balaban J connectivity index is 1.76. The van der Waals surface area contributed by atoms with Gasteiger partial charge in [0, 0.05) is 12.5 Å². The summed E-state index contributed by atoms with van der Waals surface area (Å²) >= 11 is 0. The number of nitrogens with zero attached hydrogens (tertiary/aromatic N) is 1. The van der Waals surface area contributed by atoms with Gasteiger partial charge in [-0.05, 0) is 31.1 Å². The lowest BCUT2D eigenvalue weighted by molar-refractivity contribution is -0.194. The van der Waals surface area contributed by atoms with Crippen molar-refractivity contribution in [1.82, 2.24) is 4.90 Å². The van der Waals surface area contributed by atoms with Crippen molar-refractivity contribution in [2.75, 3.05) is 13.2 Å². The molecule has 0 spiro atoms. The number of hydrogen-bond acceptors (Lipinski definition) is 4. The van der Waals surface area contributed by atoms with Crippen LogP contribution in [-0.4, -0.2) is 42.4 Å². The molecule has 4 heteroatoms. The van der Waals surface area contributed by atoms with Gasteiger partial charge in [-0.3, -0.25) is 4.79 Å². The monoisotopic (exact) mass is 295 g/mol. The van der Waals surface area contributed by atoms with Crippen LogP contribution in [0.3, 0.4) is 0 Å². The largest absolute Gasteiger partial charge is 0.337 e. The quantitative estimate of drug-likeness (QED) is 0.802. The van der Waals surface area contributed by atoms with Crippen LogP contribution in [-0.2, 0) is 14.3 Å². The second-order valence-electron chi connectivity index (χ2n) is 7.65. The Kier molecular flexibility index (Phi) is 4.67. The third-order valence-corrected chi connectivity index (χ3v) is 5.32. The molecule has 1 heterocycles. The maximum atomic E-state index is 12.7. The number of hydrogen-bond donors (Lipinski definition) is 0. The zero-order chi connectivity index (χ0) is 14.9. The summed E-state index contributed by atoms with van der Waals surface area (Å²) in [5.41, 5.74) is 0.156. The number of carbonyl (C=O) groups is 1. The van der Waals surface area contributed by atoms with Gasteiger partial charge in [0.05, 0.1) is 19.3 Å². The van der Waals surface area contributed by atoms with Crippen LogP contribution in [0.4, 0.5) is 0 Å². The molecule has 3 aliphatic rings. The highest BCUT2D eigenvalue weighted by atomic mass is 16.7. The van der Waals surface area contributed by atoms with Gasteiger partial charge in [-0.2, -0.15) is 0 Å². The van der Waals surface area contributed by atoms with Gasteiger partial charge in [0.25, 0.3) is 0 Å². The molecule has 1 unspecified atom stereocenters. The van der Waals surface area contributed by atoms with Crippen molar-refractivity contribution in [3.8, 4) is 0 Å². The Hall–Kier alpha value is -0.450. The van der Waals surface area contributed by atoms with E-state index in [9.17, 15) is 4.79 Å². The molecule has 1 aliphatic heterocycles. The fourth-order valence-corrected chi connectivity index (χ4v) is 4.15. The van der Waals surface area contributed by atoms with Crippen molar-refractivity contribution in [1.29, 1.82) is 0 Å². The molecule has 1 saturated heterocycles. The van der Waals surface area contributed by atoms with Gasteiger partial charge in [0.1, 0.15) is 0 Å². The summed E-state index contributed by atoms with van der Waals surface area (Å²) in [5.74, 6) is 0.385. The Labute approximate surface area is 128 Å². The van der Waals surface area contributed by atoms with Crippen LogP contribution in [0.15, 0.2) is 0 Å². The van der Waals surface area contributed by atoms with Crippen LogP contribution >= 0.6 is 0 Å². The molecule has 120 valence electrons.